The van der Waals surface area contributed by atoms with Gasteiger partial charge in [0.15, 0.2) is 0 Å². The molecule has 4 rings (SSSR count). The normalized spacial score (nSPS) is 14.7. The fourth-order valence-corrected chi connectivity index (χ4v) is 4.77. The molecule has 0 aliphatic carbocycles. The molecule has 1 aromatic heterocycles. The fourth-order valence-electron chi connectivity index (χ4n) is 3.91. The minimum Gasteiger partial charge on any atom is -0.350 e. The third kappa shape index (κ3) is 4.27. The first-order valence-electron chi connectivity index (χ1n) is 9.90. The van der Waals surface area contributed by atoms with Crippen molar-refractivity contribution in [1.82, 2.24) is 10.2 Å². The van der Waals surface area contributed by atoms with E-state index >= 15 is 0 Å². The van der Waals surface area contributed by atoms with E-state index in [9.17, 15) is 14.9 Å². The number of benzene rings is 2. The quantitative estimate of drug-likeness (QED) is 0.470. The van der Waals surface area contributed by atoms with Gasteiger partial charge < -0.3 is 5.32 Å². The van der Waals surface area contributed by atoms with Crippen LogP contribution < -0.4 is 5.32 Å². The van der Waals surface area contributed by atoms with Crippen LogP contribution in [0, 0.1) is 17.0 Å². The van der Waals surface area contributed by atoms with Gasteiger partial charge in [0.05, 0.1) is 11.0 Å². The largest absolute Gasteiger partial charge is 0.350 e. The number of nitrogens with one attached hydrogen (secondary N) is 1. The molecule has 0 saturated heterocycles. The predicted molar refractivity (Wildman–Crippen MR) is 118 cm³/mol. The lowest BCUT2D eigenvalue weighted by atomic mass is 9.98. The first-order valence-corrected chi connectivity index (χ1v) is 10.8. The van der Waals surface area contributed by atoms with E-state index in [1.807, 2.05) is 11.4 Å². The van der Waals surface area contributed by atoms with Gasteiger partial charge in [0.1, 0.15) is 0 Å². The van der Waals surface area contributed by atoms with Gasteiger partial charge in [-0.2, -0.15) is 0 Å². The average molecular weight is 422 g/mol. The lowest BCUT2D eigenvalue weighted by molar-refractivity contribution is -0.385. The van der Waals surface area contributed by atoms with E-state index in [4.69, 9.17) is 0 Å². The Bertz CT molecular complexity index is 1070. The molecule has 1 atom stereocenters. The summed E-state index contributed by atoms with van der Waals surface area (Å²) in [6.45, 7) is 3.88. The highest BCUT2D eigenvalue weighted by Crippen LogP contribution is 2.30. The number of nitrogens with zero attached hydrogens (tertiary/aromatic N) is 2. The monoisotopic (exact) mass is 421 g/mol. The van der Waals surface area contributed by atoms with E-state index < -0.39 is 4.92 Å². The second-order valence-corrected chi connectivity index (χ2v) is 8.47. The molecular formula is C23H23N3O3S. The maximum Gasteiger partial charge on any atom is 0.273 e. The summed E-state index contributed by atoms with van der Waals surface area (Å²) in [4.78, 5) is 27.1. The Morgan fingerprint density at radius 2 is 2.00 bits per heavy atom. The molecule has 1 N–H and O–H groups in total. The van der Waals surface area contributed by atoms with Crippen molar-refractivity contribution in [2.75, 3.05) is 13.1 Å². The molecule has 6 nitrogen and oxygen atoms in total. The van der Waals surface area contributed by atoms with E-state index in [0.717, 1.165) is 19.5 Å². The number of hydrogen-bond acceptors (Lipinski definition) is 5. The Kier molecular flexibility index (Phi) is 5.92. The van der Waals surface area contributed by atoms with Crippen LogP contribution in [0.15, 0.2) is 60.0 Å². The molecule has 0 unspecified atom stereocenters. The molecular weight excluding hydrogens is 398 g/mol. The SMILES string of the molecule is Cc1ccc(C(=O)NC[C@H](c2cccs2)N2CCc3ccccc3C2)cc1[N+](=O)[O-]. The van der Waals surface area contributed by atoms with E-state index in [2.05, 4.69) is 40.5 Å². The van der Waals surface area contributed by atoms with Crippen molar-refractivity contribution >= 4 is 22.9 Å². The van der Waals surface area contributed by atoms with Crippen LogP contribution in [0.5, 0.6) is 0 Å². The lowest BCUT2D eigenvalue weighted by Gasteiger charge is -2.35. The van der Waals surface area contributed by atoms with Gasteiger partial charge in [0.25, 0.3) is 11.6 Å². The number of rotatable bonds is 6. The van der Waals surface area contributed by atoms with Crippen LogP contribution in [0.2, 0.25) is 0 Å². The molecule has 0 spiro atoms. The standard InChI is InChI=1S/C23H23N3O3S/c1-16-8-9-18(13-20(16)26(28)29)23(27)24-14-21(22-7-4-12-30-22)25-11-10-17-5-2-3-6-19(17)15-25/h2-9,12-13,21H,10-11,14-15H2,1H3,(H,24,27)/t21-/m1/s1. The predicted octanol–water partition coefficient (Wildman–Crippen LogP) is 4.49. The molecule has 1 aliphatic heterocycles. The molecule has 0 bridgehead atoms. The van der Waals surface area contributed by atoms with E-state index in [1.165, 1.54) is 22.1 Å². The maximum atomic E-state index is 12.7. The summed E-state index contributed by atoms with van der Waals surface area (Å²) in [5.74, 6) is -0.294. The summed E-state index contributed by atoms with van der Waals surface area (Å²) in [6, 6.07) is 17.3. The summed E-state index contributed by atoms with van der Waals surface area (Å²) in [5, 5.41) is 16.2. The summed E-state index contributed by atoms with van der Waals surface area (Å²) in [7, 11) is 0. The molecule has 7 heteroatoms. The van der Waals surface area contributed by atoms with Crippen LogP contribution in [-0.4, -0.2) is 28.8 Å². The summed E-state index contributed by atoms with van der Waals surface area (Å²) in [6.07, 6.45) is 0.982. The number of nitro benzene ring substituents is 1. The molecule has 154 valence electrons. The first kappa shape index (κ1) is 20.3. The maximum absolute atomic E-state index is 12.7. The Morgan fingerprint density at radius 3 is 2.73 bits per heavy atom. The molecule has 3 aromatic rings. The fraction of sp³-hybridized carbons (Fsp3) is 0.261. The first-order chi connectivity index (χ1) is 14.5. The van der Waals surface area contributed by atoms with Crippen LogP contribution in [-0.2, 0) is 13.0 Å². The topological polar surface area (TPSA) is 75.5 Å². The molecule has 0 saturated carbocycles. The Labute approximate surface area is 179 Å². The molecule has 30 heavy (non-hydrogen) atoms. The van der Waals surface area contributed by atoms with Gasteiger partial charge in [0, 0.05) is 41.7 Å². The van der Waals surface area contributed by atoms with Crippen molar-refractivity contribution in [3.8, 4) is 0 Å². The van der Waals surface area contributed by atoms with Crippen molar-refractivity contribution in [3.63, 3.8) is 0 Å². The van der Waals surface area contributed by atoms with Gasteiger partial charge in [-0.15, -0.1) is 11.3 Å². The average Bonchev–Trinajstić information content (AvgIpc) is 3.28. The smallest absolute Gasteiger partial charge is 0.273 e. The molecule has 0 fully saturated rings. The zero-order chi connectivity index (χ0) is 21.1. The van der Waals surface area contributed by atoms with Crippen LogP contribution in [0.3, 0.4) is 0 Å². The van der Waals surface area contributed by atoms with Gasteiger partial charge in [-0.3, -0.25) is 19.8 Å². The second kappa shape index (κ2) is 8.77. The molecule has 1 amide bonds. The molecule has 0 radical (unpaired) electrons. The minimum atomic E-state index is -0.453. The highest BCUT2D eigenvalue weighted by molar-refractivity contribution is 7.10. The van der Waals surface area contributed by atoms with Gasteiger partial charge in [-0.05, 0) is 42.0 Å². The number of carbonyl (C=O) groups is 1. The Hall–Kier alpha value is -3.03. The number of carbonyl (C=O) groups excluding carboxylic acids is 1. The van der Waals surface area contributed by atoms with Crippen LogP contribution in [0.1, 0.15) is 38.0 Å². The summed E-state index contributed by atoms with van der Waals surface area (Å²) >= 11 is 1.68. The van der Waals surface area contributed by atoms with Gasteiger partial charge >= 0.3 is 0 Å². The highest BCUT2D eigenvalue weighted by atomic mass is 32.1. The van der Waals surface area contributed by atoms with Gasteiger partial charge in [-0.25, -0.2) is 0 Å². The molecule has 1 aliphatic rings. The number of thiophene rings is 1. The number of aryl methyl sites for hydroxylation is 1. The zero-order valence-corrected chi connectivity index (χ0v) is 17.5. The van der Waals surface area contributed by atoms with Gasteiger partial charge in [-0.1, -0.05) is 36.4 Å². The summed E-state index contributed by atoms with van der Waals surface area (Å²) < 4.78 is 0. The number of amides is 1. The number of hydrogen-bond donors (Lipinski definition) is 1. The molecule has 2 aromatic carbocycles. The van der Waals surface area contributed by atoms with Crippen molar-refractivity contribution in [1.29, 1.82) is 0 Å². The van der Waals surface area contributed by atoms with E-state index in [0.29, 0.717) is 17.7 Å². The van der Waals surface area contributed by atoms with E-state index in [1.54, 1.807) is 30.4 Å². The van der Waals surface area contributed by atoms with Gasteiger partial charge in [0.2, 0.25) is 0 Å². The second-order valence-electron chi connectivity index (χ2n) is 7.49. The van der Waals surface area contributed by atoms with Crippen molar-refractivity contribution in [2.45, 2.75) is 25.9 Å². The van der Waals surface area contributed by atoms with Crippen LogP contribution >= 0.6 is 11.3 Å². The third-order valence-electron chi connectivity index (χ3n) is 5.60. The highest BCUT2D eigenvalue weighted by Gasteiger charge is 2.26. The number of fused-ring (bicyclic) bond motifs is 1. The Morgan fingerprint density at radius 1 is 1.20 bits per heavy atom. The third-order valence-corrected chi connectivity index (χ3v) is 6.57. The van der Waals surface area contributed by atoms with Crippen molar-refractivity contribution in [3.05, 3.63) is 97.2 Å². The molecule has 2 heterocycles. The van der Waals surface area contributed by atoms with E-state index in [-0.39, 0.29) is 17.6 Å². The van der Waals surface area contributed by atoms with Crippen LogP contribution in [0.25, 0.3) is 0 Å². The lowest BCUT2D eigenvalue weighted by Crippen LogP contribution is -2.40. The number of nitro groups is 1. The Balaban J connectivity index is 1.51. The zero-order valence-electron chi connectivity index (χ0n) is 16.7. The summed E-state index contributed by atoms with van der Waals surface area (Å²) in [5.41, 5.74) is 3.52. The minimum absolute atomic E-state index is 0.0369. The van der Waals surface area contributed by atoms with Crippen LogP contribution in [0.4, 0.5) is 5.69 Å². The van der Waals surface area contributed by atoms with Crippen molar-refractivity contribution in [2.24, 2.45) is 0 Å². The van der Waals surface area contributed by atoms with Crippen molar-refractivity contribution < 1.29 is 9.72 Å².